The number of thiophene rings is 1. The summed E-state index contributed by atoms with van der Waals surface area (Å²) in [6, 6.07) is 11.3. The Labute approximate surface area is 185 Å². The Balaban J connectivity index is 1.39. The molecule has 0 fully saturated rings. The predicted molar refractivity (Wildman–Crippen MR) is 120 cm³/mol. The second-order valence-electron chi connectivity index (χ2n) is 6.46. The zero-order chi connectivity index (χ0) is 20.7. The highest BCUT2D eigenvalue weighted by Crippen LogP contribution is 2.43. The average Bonchev–Trinajstić information content (AvgIpc) is 3.37. The topological polar surface area (TPSA) is 69.7 Å². The molecule has 0 saturated carbocycles. The summed E-state index contributed by atoms with van der Waals surface area (Å²) in [5.74, 6) is 1.79. The van der Waals surface area contributed by atoms with Crippen molar-refractivity contribution in [2.45, 2.75) is 0 Å². The normalized spacial score (nSPS) is 12.7. The first kappa shape index (κ1) is 19.2. The van der Waals surface area contributed by atoms with Gasteiger partial charge in [0.1, 0.15) is 23.8 Å². The third-order valence-electron chi connectivity index (χ3n) is 4.61. The highest BCUT2D eigenvalue weighted by atomic mass is 35.5. The minimum Gasteiger partial charge on any atom is -0.497 e. The summed E-state index contributed by atoms with van der Waals surface area (Å²) in [7, 11) is 1.62. The fourth-order valence-electron chi connectivity index (χ4n) is 3.13. The van der Waals surface area contributed by atoms with Gasteiger partial charge in [-0.05, 0) is 30.3 Å². The zero-order valence-corrected chi connectivity index (χ0v) is 18.1. The number of methoxy groups -OCH3 is 1. The van der Waals surface area contributed by atoms with Crippen molar-refractivity contribution in [2.24, 2.45) is 0 Å². The van der Waals surface area contributed by atoms with Crippen LogP contribution in [0.2, 0.25) is 5.02 Å². The number of ether oxygens (including phenoxy) is 3. The van der Waals surface area contributed by atoms with E-state index in [1.54, 1.807) is 7.11 Å². The maximum Gasteiger partial charge on any atom is 0.269 e. The van der Waals surface area contributed by atoms with Crippen molar-refractivity contribution in [3.05, 3.63) is 51.7 Å². The predicted octanol–water partition coefficient (Wildman–Crippen LogP) is 5.71. The summed E-state index contributed by atoms with van der Waals surface area (Å²) in [6.45, 7) is 1.000. The van der Waals surface area contributed by atoms with Gasteiger partial charge >= 0.3 is 0 Å². The number of carbonyl (C=O) groups is 1. The number of carbonyl (C=O) groups excluding carboxylic acids is 1. The van der Waals surface area contributed by atoms with Crippen molar-refractivity contribution < 1.29 is 19.0 Å². The van der Waals surface area contributed by atoms with Crippen LogP contribution in [0.1, 0.15) is 9.67 Å². The number of hydrogen-bond donors (Lipinski definition) is 1. The van der Waals surface area contributed by atoms with Gasteiger partial charge in [0.15, 0.2) is 16.6 Å². The number of benzene rings is 2. The molecule has 9 heteroatoms. The van der Waals surface area contributed by atoms with Crippen LogP contribution in [0, 0.1) is 0 Å². The molecule has 0 atom stereocenters. The number of halogens is 1. The van der Waals surface area contributed by atoms with E-state index in [1.165, 1.54) is 22.7 Å². The third-order valence-corrected chi connectivity index (χ3v) is 7.02. The maximum absolute atomic E-state index is 12.9. The highest BCUT2D eigenvalue weighted by molar-refractivity contribution is 7.22. The summed E-state index contributed by atoms with van der Waals surface area (Å²) in [6.07, 6.45) is 0. The van der Waals surface area contributed by atoms with Gasteiger partial charge in [-0.1, -0.05) is 11.6 Å². The lowest BCUT2D eigenvalue weighted by atomic mass is 10.2. The molecule has 1 amide bonds. The quantitative estimate of drug-likeness (QED) is 0.424. The first-order chi connectivity index (χ1) is 14.6. The van der Waals surface area contributed by atoms with Gasteiger partial charge < -0.3 is 14.2 Å². The van der Waals surface area contributed by atoms with Gasteiger partial charge in [-0.3, -0.25) is 10.1 Å². The van der Waals surface area contributed by atoms with Gasteiger partial charge in [0.05, 0.1) is 17.8 Å². The number of fused-ring (bicyclic) bond motifs is 2. The van der Waals surface area contributed by atoms with Crippen LogP contribution >= 0.6 is 34.3 Å². The maximum atomic E-state index is 12.9. The Bertz CT molecular complexity index is 1250. The van der Waals surface area contributed by atoms with Crippen molar-refractivity contribution in [1.29, 1.82) is 0 Å². The van der Waals surface area contributed by atoms with E-state index in [2.05, 4.69) is 10.3 Å². The van der Waals surface area contributed by atoms with Crippen LogP contribution in [0.5, 0.6) is 17.2 Å². The zero-order valence-electron chi connectivity index (χ0n) is 15.7. The average molecular weight is 459 g/mol. The van der Waals surface area contributed by atoms with E-state index in [9.17, 15) is 4.79 Å². The SMILES string of the molecule is COc1ccc(-c2csc(NC(=O)c3sc4cc5c(cc4c3Cl)OCCO5)n2)cc1. The van der Waals surface area contributed by atoms with E-state index in [4.69, 9.17) is 25.8 Å². The van der Waals surface area contributed by atoms with Crippen LogP contribution in [0.25, 0.3) is 21.3 Å². The smallest absolute Gasteiger partial charge is 0.269 e. The van der Waals surface area contributed by atoms with Crippen LogP contribution in [-0.2, 0) is 0 Å². The Hall–Kier alpha value is -2.81. The molecule has 0 spiro atoms. The van der Waals surface area contributed by atoms with Gasteiger partial charge in [-0.15, -0.1) is 22.7 Å². The van der Waals surface area contributed by atoms with E-state index in [-0.39, 0.29) is 5.91 Å². The second kappa shape index (κ2) is 7.79. The molecule has 30 heavy (non-hydrogen) atoms. The summed E-state index contributed by atoms with van der Waals surface area (Å²) in [4.78, 5) is 17.8. The lowest BCUT2D eigenvalue weighted by Crippen LogP contribution is -2.14. The van der Waals surface area contributed by atoms with Crippen LogP contribution in [0.3, 0.4) is 0 Å². The van der Waals surface area contributed by atoms with E-state index in [0.717, 1.165) is 27.1 Å². The van der Waals surface area contributed by atoms with Crippen LogP contribution in [0.4, 0.5) is 5.13 Å². The number of nitrogens with zero attached hydrogens (tertiary/aromatic N) is 1. The minimum absolute atomic E-state index is 0.295. The Morgan fingerprint density at radius 1 is 1.17 bits per heavy atom. The molecule has 6 nitrogen and oxygen atoms in total. The van der Waals surface area contributed by atoms with Crippen molar-refractivity contribution >= 4 is 55.4 Å². The highest BCUT2D eigenvalue weighted by Gasteiger charge is 2.22. The number of anilines is 1. The standard InChI is InChI=1S/C21H15ClN2O4S2/c1-26-12-4-2-11(3-5-12)14-10-29-21(23-14)24-20(25)19-18(22)13-8-15-16(9-17(13)30-19)28-7-6-27-15/h2-5,8-10H,6-7H2,1H3,(H,23,24,25). The molecular formula is C21H15ClN2O4S2. The third kappa shape index (κ3) is 3.47. The molecule has 0 saturated heterocycles. The van der Waals surface area contributed by atoms with Crippen LogP contribution in [-0.4, -0.2) is 31.2 Å². The van der Waals surface area contributed by atoms with Crippen molar-refractivity contribution in [1.82, 2.24) is 4.98 Å². The molecule has 2 aromatic heterocycles. The number of amides is 1. The van der Waals surface area contributed by atoms with Gasteiger partial charge in [-0.2, -0.15) is 0 Å². The fourth-order valence-corrected chi connectivity index (χ4v) is 5.26. The molecule has 3 heterocycles. The van der Waals surface area contributed by atoms with E-state index in [0.29, 0.717) is 39.7 Å². The first-order valence-corrected chi connectivity index (χ1v) is 11.1. The number of thiazole rings is 1. The largest absolute Gasteiger partial charge is 0.497 e. The van der Waals surface area contributed by atoms with Crippen molar-refractivity contribution in [3.8, 4) is 28.5 Å². The number of rotatable bonds is 4. The fraction of sp³-hybridized carbons (Fsp3) is 0.143. The van der Waals surface area contributed by atoms with E-state index >= 15 is 0 Å². The molecule has 0 bridgehead atoms. The molecule has 1 aliphatic heterocycles. The lowest BCUT2D eigenvalue weighted by molar-refractivity contribution is 0.103. The van der Waals surface area contributed by atoms with Gasteiger partial charge in [0.25, 0.3) is 5.91 Å². The molecule has 152 valence electrons. The molecule has 0 aliphatic carbocycles. The first-order valence-electron chi connectivity index (χ1n) is 9.05. The van der Waals surface area contributed by atoms with Gasteiger partial charge in [-0.25, -0.2) is 4.98 Å². The number of hydrogen-bond acceptors (Lipinski definition) is 7. The summed E-state index contributed by atoms with van der Waals surface area (Å²) >= 11 is 9.19. The molecular weight excluding hydrogens is 444 g/mol. The van der Waals surface area contributed by atoms with Crippen molar-refractivity contribution in [3.63, 3.8) is 0 Å². The van der Waals surface area contributed by atoms with Crippen LogP contribution < -0.4 is 19.5 Å². The molecule has 0 radical (unpaired) electrons. The minimum atomic E-state index is -0.295. The number of nitrogens with one attached hydrogen (secondary N) is 1. The molecule has 1 N–H and O–H groups in total. The van der Waals surface area contributed by atoms with E-state index < -0.39 is 0 Å². The Kier molecular flexibility index (Phi) is 4.98. The molecule has 0 unspecified atom stereocenters. The molecule has 5 rings (SSSR count). The van der Waals surface area contributed by atoms with Gasteiger partial charge in [0.2, 0.25) is 0 Å². The summed E-state index contributed by atoms with van der Waals surface area (Å²) in [5, 5.41) is 6.42. The Morgan fingerprint density at radius 3 is 2.63 bits per heavy atom. The van der Waals surface area contributed by atoms with Crippen LogP contribution in [0.15, 0.2) is 41.8 Å². The lowest BCUT2D eigenvalue weighted by Gasteiger charge is -2.18. The van der Waals surface area contributed by atoms with Crippen molar-refractivity contribution in [2.75, 3.05) is 25.6 Å². The number of aromatic nitrogens is 1. The molecule has 1 aliphatic rings. The summed E-state index contributed by atoms with van der Waals surface area (Å²) < 4.78 is 17.3. The van der Waals surface area contributed by atoms with Gasteiger partial charge in [0, 0.05) is 27.1 Å². The Morgan fingerprint density at radius 2 is 1.90 bits per heavy atom. The molecule has 2 aromatic carbocycles. The monoisotopic (exact) mass is 458 g/mol. The molecule has 4 aromatic rings. The summed E-state index contributed by atoms with van der Waals surface area (Å²) in [5.41, 5.74) is 1.72. The second-order valence-corrected chi connectivity index (χ2v) is 8.75. The van der Waals surface area contributed by atoms with E-state index in [1.807, 2.05) is 41.8 Å².